The maximum Gasteiger partial charge on any atom is 0.338 e. The highest BCUT2D eigenvalue weighted by atomic mass is 16.5. The third-order valence-corrected chi connectivity index (χ3v) is 3.72. The van der Waals surface area contributed by atoms with E-state index in [2.05, 4.69) is 15.3 Å². The normalized spacial score (nSPS) is 11.7. The summed E-state index contributed by atoms with van der Waals surface area (Å²) in [5.74, 6) is -0.930. The van der Waals surface area contributed by atoms with Crippen LogP contribution in [0.15, 0.2) is 60.9 Å². The molecule has 1 atom stereocenters. The lowest BCUT2D eigenvalue weighted by Crippen LogP contribution is -2.31. The van der Waals surface area contributed by atoms with Crippen molar-refractivity contribution in [3.05, 3.63) is 72.1 Å². The van der Waals surface area contributed by atoms with Crippen molar-refractivity contribution in [3.63, 3.8) is 0 Å². The molecule has 6 nitrogen and oxygen atoms in total. The Morgan fingerprint density at radius 1 is 1.04 bits per heavy atom. The molecule has 0 fully saturated rings. The SMILES string of the molecule is C[C@H](NC(=O)COC(=O)c1ccc2nccnc2c1)c1ccccc1. The van der Waals surface area contributed by atoms with E-state index in [-0.39, 0.29) is 18.6 Å². The zero-order chi connectivity index (χ0) is 17.6. The summed E-state index contributed by atoms with van der Waals surface area (Å²) in [6, 6.07) is 14.3. The first-order valence-corrected chi connectivity index (χ1v) is 7.85. The molecule has 3 rings (SSSR count). The van der Waals surface area contributed by atoms with Gasteiger partial charge in [-0.1, -0.05) is 30.3 Å². The van der Waals surface area contributed by atoms with E-state index < -0.39 is 5.97 Å². The van der Waals surface area contributed by atoms with Gasteiger partial charge in [0.1, 0.15) is 0 Å². The van der Waals surface area contributed by atoms with Gasteiger partial charge in [0.2, 0.25) is 0 Å². The molecule has 2 aromatic carbocycles. The first kappa shape index (κ1) is 16.6. The summed E-state index contributed by atoms with van der Waals surface area (Å²) in [6.45, 7) is 1.53. The van der Waals surface area contributed by atoms with Crippen LogP contribution in [0.5, 0.6) is 0 Å². The molecule has 6 heteroatoms. The minimum atomic E-state index is -0.574. The number of hydrogen-bond donors (Lipinski definition) is 1. The van der Waals surface area contributed by atoms with Gasteiger partial charge in [-0.15, -0.1) is 0 Å². The molecule has 0 aliphatic carbocycles. The van der Waals surface area contributed by atoms with Gasteiger partial charge >= 0.3 is 5.97 Å². The Hall–Kier alpha value is -3.28. The van der Waals surface area contributed by atoms with Crippen LogP contribution in [0.3, 0.4) is 0 Å². The quantitative estimate of drug-likeness (QED) is 0.725. The minimum absolute atomic E-state index is 0.164. The van der Waals surface area contributed by atoms with E-state index in [1.807, 2.05) is 37.3 Å². The number of nitrogens with zero attached hydrogens (tertiary/aromatic N) is 2. The molecule has 0 aliphatic rings. The van der Waals surface area contributed by atoms with Crippen LogP contribution < -0.4 is 5.32 Å². The zero-order valence-electron chi connectivity index (χ0n) is 13.7. The van der Waals surface area contributed by atoms with Gasteiger partial charge in [0, 0.05) is 12.4 Å². The molecule has 0 aliphatic heterocycles. The lowest BCUT2D eigenvalue weighted by Gasteiger charge is -2.14. The number of rotatable bonds is 5. The molecule has 1 amide bonds. The van der Waals surface area contributed by atoms with E-state index in [1.54, 1.807) is 30.6 Å². The molecule has 0 spiro atoms. The summed E-state index contributed by atoms with van der Waals surface area (Å²) in [7, 11) is 0. The van der Waals surface area contributed by atoms with Gasteiger partial charge in [0.05, 0.1) is 22.6 Å². The number of esters is 1. The van der Waals surface area contributed by atoms with Crippen LogP contribution in [0.4, 0.5) is 0 Å². The van der Waals surface area contributed by atoms with Crippen LogP contribution in [-0.2, 0) is 9.53 Å². The third-order valence-electron chi connectivity index (χ3n) is 3.72. The number of carbonyl (C=O) groups is 2. The van der Waals surface area contributed by atoms with E-state index in [0.717, 1.165) is 5.56 Å². The van der Waals surface area contributed by atoms with Gasteiger partial charge < -0.3 is 10.1 Å². The fraction of sp³-hybridized carbons (Fsp3) is 0.158. The Morgan fingerprint density at radius 2 is 1.76 bits per heavy atom. The number of fused-ring (bicyclic) bond motifs is 1. The largest absolute Gasteiger partial charge is 0.452 e. The first-order chi connectivity index (χ1) is 12.1. The van der Waals surface area contributed by atoms with Crippen LogP contribution in [0.2, 0.25) is 0 Å². The average Bonchev–Trinajstić information content (AvgIpc) is 2.66. The number of ether oxygens (including phenoxy) is 1. The maximum atomic E-state index is 12.1. The van der Waals surface area contributed by atoms with E-state index in [9.17, 15) is 9.59 Å². The fourth-order valence-corrected chi connectivity index (χ4v) is 2.41. The molecule has 0 saturated carbocycles. The summed E-state index contributed by atoms with van der Waals surface area (Å²) in [6.07, 6.45) is 3.13. The summed E-state index contributed by atoms with van der Waals surface area (Å²) in [4.78, 5) is 32.3. The molecular weight excluding hydrogens is 318 g/mol. The topological polar surface area (TPSA) is 81.2 Å². The molecule has 0 radical (unpaired) electrons. The molecule has 126 valence electrons. The van der Waals surface area contributed by atoms with Crippen LogP contribution >= 0.6 is 0 Å². The first-order valence-electron chi connectivity index (χ1n) is 7.85. The molecule has 25 heavy (non-hydrogen) atoms. The van der Waals surface area contributed by atoms with Crippen molar-refractivity contribution in [2.24, 2.45) is 0 Å². The summed E-state index contributed by atoms with van der Waals surface area (Å²) in [5.41, 5.74) is 2.60. The molecule has 0 unspecified atom stereocenters. The van der Waals surface area contributed by atoms with Gasteiger partial charge in [-0.05, 0) is 30.7 Å². The van der Waals surface area contributed by atoms with Crippen LogP contribution in [0, 0.1) is 0 Å². The number of aromatic nitrogens is 2. The second kappa shape index (κ2) is 7.53. The predicted molar refractivity (Wildman–Crippen MR) is 92.8 cm³/mol. The molecule has 1 aromatic heterocycles. The average molecular weight is 335 g/mol. The van der Waals surface area contributed by atoms with Gasteiger partial charge in [0.25, 0.3) is 5.91 Å². The van der Waals surface area contributed by atoms with Crippen molar-refractivity contribution in [1.29, 1.82) is 0 Å². The number of carbonyl (C=O) groups excluding carboxylic acids is 2. The van der Waals surface area contributed by atoms with E-state index in [0.29, 0.717) is 16.6 Å². The molecule has 0 saturated heterocycles. The van der Waals surface area contributed by atoms with Gasteiger partial charge in [0.15, 0.2) is 6.61 Å². The highest BCUT2D eigenvalue weighted by Crippen LogP contribution is 2.13. The standard InChI is InChI=1S/C19H17N3O3/c1-13(14-5-3-2-4-6-14)22-18(23)12-25-19(24)15-7-8-16-17(11-15)21-10-9-20-16/h2-11,13H,12H2,1H3,(H,22,23)/t13-/m0/s1. The Bertz CT molecular complexity index is 897. The number of hydrogen-bond acceptors (Lipinski definition) is 5. The monoisotopic (exact) mass is 335 g/mol. The van der Waals surface area contributed by atoms with Crippen molar-refractivity contribution < 1.29 is 14.3 Å². The van der Waals surface area contributed by atoms with E-state index in [4.69, 9.17) is 4.74 Å². The van der Waals surface area contributed by atoms with Crippen LogP contribution in [-0.4, -0.2) is 28.5 Å². The highest BCUT2D eigenvalue weighted by Gasteiger charge is 2.13. The van der Waals surface area contributed by atoms with Gasteiger partial charge in [-0.2, -0.15) is 0 Å². The molecule has 0 bridgehead atoms. The third kappa shape index (κ3) is 4.17. The molecule has 1 N–H and O–H groups in total. The van der Waals surface area contributed by atoms with E-state index >= 15 is 0 Å². The van der Waals surface area contributed by atoms with Crippen molar-refractivity contribution >= 4 is 22.9 Å². The molecular formula is C19H17N3O3. The van der Waals surface area contributed by atoms with Gasteiger partial charge in [-0.25, -0.2) is 4.79 Å². The summed E-state index contributed by atoms with van der Waals surface area (Å²) >= 11 is 0. The minimum Gasteiger partial charge on any atom is -0.452 e. The van der Waals surface area contributed by atoms with Crippen molar-refractivity contribution in [2.75, 3.05) is 6.61 Å². The summed E-state index contributed by atoms with van der Waals surface area (Å²) in [5, 5.41) is 2.79. The predicted octanol–water partition coefficient (Wildman–Crippen LogP) is 2.66. The molecule has 3 aromatic rings. The highest BCUT2D eigenvalue weighted by molar-refractivity contribution is 5.94. The summed E-state index contributed by atoms with van der Waals surface area (Å²) < 4.78 is 5.08. The van der Waals surface area contributed by atoms with Gasteiger partial charge in [-0.3, -0.25) is 14.8 Å². The number of benzene rings is 2. The van der Waals surface area contributed by atoms with E-state index in [1.165, 1.54) is 0 Å². The Morgan fingerprint density at radius 3 is 2.52 bits per heavy atom. The molecule has 1 heterocycles. The number of nitrogens with one attached hydrogen (secondary N) is 1. The maximum absolute atomic E-state index is 12.1. The second-order valence-electron chi connectivity index (χ2n) is 5.54. The van der Waals surface area contributed by atoms with Crippen molar-refractivity contribution in [1.82, 2.24) is 15.3 Å². The Kier molecular flexibility index (Phi) is 4.99. The Labute approximate surface area is 144 Å². The lowest BCUT2D eigenvalue weighted by atomic mass is 10.1. The van der Waals surface area contributed by atoms with Crippen molar-refractivity contribution in [3.8, 4) is 0 Å². The lowest BCUT2D eigenvalue weighted by molar-refractivity contribution is -0.124. The van der Waals surface area contributed by atoms with Crippen molar-refractivity contribution in [2.45, 2.75) is 13.0 Å². The fourth-order valence-electron chi connectivity index (χ4n) is 2.41. The number of amides is 1. The van der Waals surface area contributed by atoms with Crippen LogP contribution in [0.1, 0.15) is 28.9 Å². The Balaban J connectivity index is 1.56. The zero-order valence-corrected chi connectivity index (χ0v) is 13.7. The van der Waals surface area contributed by atoms with Crippen LogP contribution in [0.25, 0.3) is 11.0 Å². The second-order valence-corrected chi connectivity index (χ2v) is 5.54. The smallest absolute Gasteiger partial charge is 0.338 e.